The van der Waals surface area contributed by atoms with Crippen molar-refractivity contribution in [3.63, 3.8) is 0 Å². The lowest BCUT2D eigenvalue weighted by atomic mass is 10.2. The lowest BCUT2D eigenvalue weighted by molar-refractivity contribution is 0.949. The van der Waals surface area contributed by atoms with E-state index in [0.29, 0.717) is 0 Å². The Morgan fingerprint density at radius 3 is 2.54 bits per heavy atom. The predicted molar refractivity (Wildman–Crippen MR) is 55.8 cm³/mol. The molecule has 0 atom stereocenters. The lowest BCUT2D eigenvalue weighted by Gasteiger charge is -2.18. The van der Waals surface area contributed by atoms with Gasteiger partial charge in [-0.2, -0.15) is 0 Å². The van der Waals surface area contributed by atoms with Gasteiger partial charge in [0.25, 0.3) is 0 Å². The van der Waals surface area contributed by atoms with Gasteiger partial charge in [0.2, 0.25) is 0 Å². The zero-order valence-electron chi connectivity index (χ0n) is 7.66. The molecule has 66 valence electrons. The van der Waals surface area contributed by atoms with Gasteiger partial charge in [0.05, 0.1) is 5.69 Å². The summed E-state index contributed by atoms with van der Waals surface area (Å²) in [6.45, 7) is 2.30. The molecule has 1 nitrogen and oxygen atoms in total. The van der Waals surface area contributed by atoms with E-state index in [9.17, 15) is 0 Å². The SMILES string of the molecule is C#Cc1ccccc1N1CCCC1. The number of hydrogen-bond acceptors (Lipinski definition) is 1. The molecule has 1 aliphatic rings. The van der Waals surface area contributed by atoms with Crippen LogP contribution in [-0.4, -0.2) is 13.1 Å². The molecule has 0 spiro atoms. The van der Waals surface area contributed by atoms with Crippen molar-refractivity contribution in [3.05, 3.63) is 29.8 Å². The summed E-state index contributed by atoms with van der Waals surface area (Å²) in [6, 6.07) is 8.16. The van der Waals surface area contributed by atoms with Crippen molar-refractivity contribution in [2.75, 3.05) is 18.0 Å². The minimum absolute atomic E-state index is 1.02. The quantitative estimate of drug-likeness (QED) is 0.586. The van der Waals surface area contributed by atoms with Gasteiger partial charge in [-0.3, -0.25) is 0 Å². The van der Waals surface area contributed by atoms with Gasteiger partial charge in [-0.15, -0.1) is 6.42 Å². The van der Waals surface area contributed by atoms with Crippen molar-refractivity contribution in [1.82, 2.24) is 0 Å². The molecule has 0 N–H and O–H groups in total. The minimum Gasteiger partial charge on any atom is -0.371 e. The summed E-state index contributed by atoms with van der Waals surface area (Å²) in [5, 5.41) is 0. The summed E-state index contributed by atoms with van der Waals surface area (Å²) in [5.41, 5.74) is 2.24. The fourth-order valence-corrected chi connectivity index (χ4v) is 1.83. The van der Waals surface area contributed by atoms with Gasteiger partial charge in [-0.1, -0.05) is 18.1 Å². The monoisotopic (exact) mass is 171 g/mol. The summed E-state index contributed by atoms with van der Waals surface area (Å²) >= 11 is 0. The molecular weight excluding hydrogens is 158 g/mol. The molecule has 0 aromatic heterocycles. The number of terminal acetylenes is 1. The maximum Gasteiger partial charge on any atom is 0.0525 e. The average Bonchev–Trinajstić information content (AvgIpc) is 2.70. The molecule has 1 fully saturated rings. The molecular formula is C12H13N. The number of anilines is 1. The van der Waals surface area contributed by atoms with Crippen LogP contribution in [0.3, 0.4) is 0 Å². The second-order valence-corrected chi connectivity index (χ2v) is 3.36. The Bertz CT molecular complexity index is 329. The summed E-state index contributed by atoms with van der Waals surface area (Å²) in [6.07, 6.45) is 8.02. The third-order valence-corrected chi connectivity index (χ3v) is 2.51. The maximum absolute atomic E-state index is 5.44. The zero-order valence-corrected chi connectivity index (χ0v) is 7.66. The van der Waals surface area contributed by atoms with Crippen LogP contribution in [0.1, 0.15) is 18.4 Å². The molecule has 0 radical (unpaired) electrons. The first-order chi connectivity index (χ1) is 6.42. The van der Waals surface area contributed by atoms with Crippen LogP contribution in [0.15, 0.2) is 24.3 Å². The fraction of sp³-hybridized carbons (Fsp3) is 0.333. The van der Waals surface area contributed by atoms with E-state index < -0.39 is 0 Å². The van der Waals surface area contributed by atoms with Crippen LogP contribution in [0.2, 0.25) is 0 Å². The molecule has 2 rings (SSSR count). The van der Waals surface area contributed by atoms with Gasteiger partial charge in [-0.05, 0) is 25.0 Å². The van der Waals surface area contributed by atoms with Crippen molar-refractivity contribution in [2.24, 2.45) is 0 Å². The fourth-order valence-electron chi connectivity index (χ4n) is 1.83. The van der Waals surface area contributed by atoms with Gasteiger partial charge in [0.15, 0.2) is 0 Å². The Balaban J connectivity index is 2.33. The highest BCUT2D eigenvalue weighted by Gasteiger charge is 2.13. The predicted octanol–water partition coefficient (Wildman–Crippen LogP) is 2.27. The molecule has 0 unspecified atom stereocenters. The smallest absolute Gasteiger partial charge is 0.0525 e. The van der Waals surface area contributed by atoms with Crippen LogP contribution < -0.4 is 4.90 Å². The Labute approximate surface area is 79.4 Å². The highest BCUT2D eigenvalue weighted by molar-refractivity contribution is 5.60. The Morgan fingerprint density at radius 2 is 1.85 bits per heavy atom. The standard InChI is InChI=1S/C12H13N/c1-2-11-7-3-4-8-12(11)13-9-5-6-10-13/h1,3-4,7-8H,5-6,9-10H2. The third-order valence-electron chi connectivity index (χ3n) is 2.51. The molecule has 1 aliphatic heterocycles. The molecule has 0 aliphatic carbocycles. The van der Waals surface area contributed by atoms with Gasteiger partial charge in [0, 0.05) is 18.7 Å². The van der Waals surface area contributed by atoms with Crippen molar-refractivity contribution in [3.8, 4) is 12.3 Å². The number of rotatable bonds is 1. The van der Waals surface area contributed by atoms with Crippen molar-refractivity contribution in [2.45, 2.75) is 12.8 Å². The van der Waals surface area contributed by atoms with Crippen molar-refractivity contribution >= 4 is 5.69 Å². The molecule has 1 heterocycles. The van der Waals surface area contributed by atoms with E-state index >= 15 is 0 Å². The van der Waals surface area contributed by atoms with Gasteiger partial charge < -0.3 is 4.90 Å². The first kappa shape index (κ1) is 8.19. The highest BCUT2D eigenvalue weighted by Crippen LogP contribution is 2.23. The van der Waals surface area contributed by atoms with E-state index in [1.165, 1.54) is 18.5 Å². The molecule has 1 heteroatoms. The minimum atomic E-state index is 1.02. The zero-order chi connectivity index (χ0) is 9.10. The summed E-state index contributed by atoms with van der Waals surface area (Å²) in [4.78, 5) is 2.37. The van der Waals surface area contributed by atoms with Gasteiger partial charge in [-0.25, -0.2) is 0 Å². The van der Waals surface area contributed by atoms with Crippen molar-refractivity contribution < 1.29 is 0 Å². The summed E-state index contributed by atoms with van der Waals surface area (Å²) < 4.78 is 0. The first-order valence-electron chi connectivity index (χ1n) is 4.72. The number of benzene rings is 1. The highest BCUT2D eigenvalue weighted by atomic mass is 15.1. The Hall–Kier alpha value is -1.42. The topological polar surface area (TPSA) is 3.24 Å². The maximum atomic E-state index is 5.44. The second kappa shape index (κ2) is 3.53. The average molecular weight is 171 g/mol. The van der Waals surface area contributed by atoms with E-state index in [0.717, 1.165) is 18.7 Å². The molecule has 1 aromatic rings. The molecule has 1 aromatic carbocycles. The Kier molecular flexibility index (Phi) is 2.23. The van der Waals surface area contributed by atoms with Crippen LogP contribution >= 0.6 is 0 Å². The van der Waals surface area contributed by atoms with Crippen molar-refractivity contribution in [1.29, 1.82) is 0 Å². The van der Waals surface area contributed by atoms with E-state index in [1.54, 1.807) is 0 Å². The molecule has 0 saturated carbocycles. The van der Waals surface area contributed by atoms with Crippen LogP contribution in [-0.2, 0) is 0 Å². The van der Waals surface area contributed by atoms with E-state index in [1.807, 2.05) is 12.1 Å². The second-order valence-electron chi connectivity index (χ2n) is 3.36. The van der Waals surface area contributed by atoms with E-state index in [-0.39, 0.29) is 0 Å². The Morgan fingerprint density at radius 1 is 1.15 bits per heavy atom. The van der Waals surface area contributed by atoms with Crippen LogP contribution in [0.25, 0.3) is 0 Å². The van der Waals surface area contributed by atoms with Crippen LogP contribution in [0.4, 0.5) is 5.69 Å². The number of para-hydroxylation sites is 1. The molecule has 1 saturated heterocycles. The largest absolute Gasteiger partial charge is 0.371 e. The van der Waals surface area contributed by atoms with E-state index in [4.69, 9.17) is 6.42 Å². The number of nitrogens with zero attached hydrogens (tertiary/aromatic N) is 1. The molecule has 0 amide bonds. The summed E-state index contributed by atoms with van der Waals surface area (Å²) in [7, 11) is 0. The van der Waals surface area contributed by atoms with E-state index in [2.05, 4.69) is 23.0 Å². The molecule has 13 heavy (non-hydrogen) atoms. The number of hydrogen-bond donors (Lipinski definition) is 0. The normalized spacial score (nSPS) is 15.8. The van der Waals surface area contributed by atoms with Crippen LogP contribution in [0.5, 0.6) is 0 Å². The van der Waals surface area contributed by atoms with Crippen LogP contribution in [0, 0.1) is 12.3 Å². The lowest BCUT2D eigenvalue weighted by Crippen LogP contribution is -2.18. The third kappa shape index (κ3) is 1.53. The molecule has 0 bridgehead atoms. The summed E-state index contributed by atoms with van der Waals surface area (Å²) in [5.74, 6) is 2.73. The van der Waals surface area contributed by atoms with Gasteiger partial charge in [0.1, 0.15) is 0 Å². The first-order valence-corrected chi connectivity index (χ1v) is 4.72. The van der Waals surface area contributed by atoms with Gasteiger partial charge >= 0.3 is 0 Å².